The predicted octanol–water partition coefficient (Wildman–Crippen LogP) is 2.89. The smallest absolute Gasteiger partial charge is 0.236 e. The van der Waals surface area contributed by atoms with Crippen LogP contribution in [-0.2, 0) is 14.8 Å². The summed E-state index contributed by atoms with van der Waals surface area (Å²) in [7, 11) is 1.68. The van der Waals surface area contributed by atoms with Gasteiger partial charge in [0.25, 0.3) is 0 Å². The normalized spacial score (nSPS) is 11.2. The highest BCUT2D eigenvalue weighted by molar-refractivity contribution is 8.13. The van der Waals surface area contributed by atoms with Gasteiger partial charge in [-0.1, -0.05) is 18.2 Å². The Labute approximate surface area is 110 Å². The molecule has 0 aliphatic heterocycles. The highest BCUT2D eigenvalue weighted by Gasteiger charge is 2.07. The van der Waals surface area contributed by atoms with Crippen molar-refractivity contribution in [2.75, 3.05) is 5.32 Å². The third-order valence-corrected chi connectivity index (χ3v) is 3.21. The Morgan fingerprint density at radius 2 is 2.00 bits per heavy atom. The molecular weight excluding hydrogens is 272 g/mol. The molecule has 2 aromatic rings. The number of nitrogens with zero attached hydrogens (tertiary/aromatic N) is 1. The lowest BCUT2D eigenvalue weighted by Crippen LogP contribution is -1.97. The summed E-state index contributed by atoms with van der Waals surface area (Å²) in [4.78, 5) is 4.12. The van der Waals surface area contributed by atoms with E-state index in [1.807, 2.05) is 24.3 Å². The van der Waals surface area contributed by atoms with Crippen LogP contribution in [0, 0.1) is 0 Å². The molecule has 0 fully saturated rings. The third-order valence-electron chi connectivity index (χ3n) is 2.20. The van der Waals surface area contributed by atoms with Gasteiger partial charge < -0.3 is 5.32 Å². The fourth-order valence-electron chi connectivity index (χ4n) is 1.52. The van der Waals surface area contributed by atoms with Gasteiger partial charge in [-0.2, -0.15) is 0 Å². The molecule has 0 radical (unpaired) electrons. The molecule has 1 N–H and O–H groups in total. The molecule has 94 valence electrons. The summed E-state index contributed by atoms with van der Waals surface area (Å²) in [5.41, 5.74) is 1.40. The number of hydrogen-bond acceptors (Lipinski definition) is 4. The minimum absolute atomic E-state index is 0.188. The van der Waals surface area contributed by atoms with Crippen LogP contribution in [0.5, 0.6) is 0 Å². The van der Waals surface area contributed by atoms with E-state index in [4.69, 9.17) is 10.7 Å². The predicted molar refractivity (Wildman–Crippen MR) is 72.4 cm³/mol. The molecule has 0 saturated heterocycles. The van der Waals surface area contributed by atoms with Crippen LogP contribution in [0.2, 0.25) is 0 Å². The van der Waals surface area contributed by atoms with Gasteiger partial charge in [0, 0.05) is 22.6 Å². The Bertz CT molecular complexity index is 630. The SMILES string of the molecule is O=S(=O)(Cl)Cc1cccc(Nc2ccccn2)c1. The number of pyridine rings is 1. The van der Waals surface area contributed by atoms with Crippen molar-refractivity contribution in [1.82, 2.24) is 4.98 Å². The van der Waals surface area contributed by atoms with Gasteiger partial charge in [-0.3, -0.25) is 0 Å². The monoisotopic (exact) mass is 282 g/mol. The van der Waals surface area contributed by atoms with E-state index in [1.54, 1.807) is 24.4 Å². The van der Waals surface area contributed by atoms with Crippen LogP contribution in [0.15, 0.2) is 48.7 Å². The first-order valence-electron chi connectivity index (χ1n) is 5.22. The van der Waals surface area contributed by atoms with Gasteiger partial charge in [-0.05, 0) is 29.8 Å². The van der Waals surface area contributed by atoms with Crippen molar-refractivity contribution in [2.24, 2.45) is 0 Å². The molecule has 1 aromatic heterocycles. The van der Waals surface area contributed by atoms with Gasteiger partial charge in [-0.15, -0.1) is 0 Å². The van der Waals surface area contributed by atoms with Crippen LogP contribution >= 0.6 is 10.7 Å². The molecule has 0 saturated carbocycles. The largest absolute Gasteiger partial charge is 0.340 e. The number of halogens is 1. The summed E-state index contributed by atoms with van der Waals surface area (Å²) in [5.74, 6) is 0.509. The molecule has 4 nitrogen and oxygen atoms in total. The van der Waals surface area contributed by atoms with Gasteiger partial charge in [-0.25, -0.2) is 13.4 Å². The molecular formula is C12H11ClN2O2S. The number of rotatable bonds is 4. The average Bonchev–Trinajstić information content (AvgIpc) is 2.28. The minimum Gasteiger partial charge on any atom is -0.340 e. The Morgan fingerprint density at radius 3 is 2.67 bits per heavy atom. The summed E-state index contributed by atoms with van der Waals surface area (Å²) in [6.07, 6.45) is 1.68. The third kappa shape index (κ3) is 4.01. The van der Waals surface area contributed by atoms with Gasteiger partial charge in [0.2, 0.25) is 9.05 Å². The quantitative estimate of drug-likeness (QED) is 0.876. The summed E-state index contributed by atoms with van der Waals surface area (Å²) < 4.78 is 22.0. The first-order valence-corrected chi connectivity index (χ1v) is 7.70. The van der Waals surface area contributed by atoms with E-state index in [0.717, 1.165) is 5.69 Å². The Hall–Kier alpha value is -1.59. The number of aromatic nitrogens is 1. The van der Waals surface area contributed by atoms with Crippen molar-refractivity contribution in [3.8, 4) is 0 Å². The van der Waals surface area contributed by atoms with Crippen molar-refractivity contribution in [3.63, 3.8) is 0 Å². The number of hydrogen-bond donors (Lipinski definition) is 1. The van der Waals surface area contributed by atoms with Crippen molar-refractivity contribution in [2.45, 2.75) is 5.75 Å². The number of benzene rings is 1. The van der Waals surface area contributed by atoms with E-state index in [-0.39, 0.29) is 5.75 Å². The highest BCUT2D eigenvalue weighted by Crippen LogP contribution is 2.18. The standard InChI is InChI=1S/C12H11ClN2O2S/c13-18(16,17)9-10-4-3-5-11(8-10)15-12-6-1-2-7-14-12/h1-8H,9H2,(H,14,15). The van der Waals surface area contributed by atoms with Gasteiger partial charge >= 0.3 is 0 Å². The zero-order valence-electron chi connectivity index (χ0n) is 9.38. The molecule has 6 heteroatoms. The zero-order valence-corrected chi connectivity index (χ0v) is 10.9. The summed E-state index contributed by atoms with van der Waals surface area (Å²) >= 11 is 0. The fraction of sp³-hybridized carbons (Fsp3) is 0.0833. The van der Waals surface area contributed by atoms with Crippen molar-refractivity contribution in [3.05, 3.63) is 54.2 Å². The van der Waals surface area contributed by atoms with Crippen molar-refractivity contribution >= 4 is 31.2 Å². The zero-order chi connectivity index (χ0) is 13.0. The van der Waals surface area contributed by atoms with E-state index in [2.05, 4.69) is 10.3 Å². The summed E-state index contributed by atoms with van der Waals surface area (Å²) in [6.45, 7) is 0. The Morgan fingerprint density at radius 1 is 1.17 bits per heavy atom. The van der Waals surface area contributed by atoms with Crippen molar-refractivity contribution < 1.29 is 8.42 Å². The maximum Gasteiger partial charge on any atom is 0.236 e. The van der Waals surface area contributed by atoms with Crippen LogP contribution in [0.4, 0.5) is 11.5 Å². The first kappa shape index (κ1) is 12.9. The molecule has 0 aliphatic rings. The topological polar surface area (TPSA) is 59.1 Å². The van der Waals surface area contributed by atoms with Gasteiger partial charge in [0.05, 0.1) is 5.75 Å². The second kappa shape index (κ2) is 5.37. The lowest BCUT2D eigenvalue weighted by atomic mass is 10.2. The lowest BCUT2D eigenvalue weighted by molar-refractivity contribution is 0.609. The van der Waals surface area contributed by atoms with Gasteiger partial charge in [0.1, 0.15) is 5.82 Å². The number of nitrogens with one attached hydrogen (secondary N) is 1. The maximum atomic E-state index is 11.0. The Balaban J connectivity index is 2.18. The molecule has 1 heterocycles. The number of anilines is 2. The molecule has 0 unspecified atom stereocenters. The first-order chi connectivity index (χ1) is 8.53. The van der Waals surface area contributed by atoms with E-state index in [9.17, 15) is 8.42 Å². The Kier molecular flexibility index (Phi) is 3.84. The molecule has 0 aliphatic carbocycles. The van der Waals surface area contributed by atoms with Crippen LogP contribution < -0.4 is 5.32 Å². The average molecular weight is 283 g/mol. The van der Waals surface area contributed by atoms with Crippen LogP contribution in [0.3, 0.4) is 0 Å². The summed E-state index contributed by atoms with van der Waals surface area (Å²) in [6, 6.07) is 12.6. The summed E-state index contributed by atoms with van der Waals surface area (Å²) in [5, 5.41) is 3.08. The van der Waals surface area contributed by atoms with Crippen molar-refractivity contribution in [1.29, 1.82) is 0 Å². The van der Waals surface area contributed by atoms with E-state index < -0.39 is 9.05 Å². The fourth-order valence-corrected chi connectivity index (χ4v) is 2.48. The van der Waals surface area contributed by atoms with Crippen LogP contribution in [0.1, 0.15) is 5.56 Å². The minimum atomic E-state index is -3.54. The van der Waals surface area contributed by atoms with Crippen LogP contribution in [0.25, 0.3) is 0 Å². The second-order valence-electron chi connectivity index (χ2n) is 3.72. The molecule has 18 heavy (non-hydrogen) atoms. The molecule has 0 amide bonds. The maximum absolute atomic E-state index is 11.0. The molecule has 0 bridgehead atoms. The van der Waals surface area contributed by atoms with Crippen LogP contribution in [-0.4, -0.2) is 13.4 Å². The molecule has 2 rings (SSSR count). The van der Waals surface area contributed by atoms with E-state index in [1.165, 1.54) is 0 Å². The molecule has 0 spiro atoms. The second-order valence-corrected chi connectivity index (χ2v) is 6.50. The van der Waals surface area contributed by atoms with E-state index in [0.29, 0.717) is 11.4 Å². The lowest BCUT2D eigenvalue weighted by Gasteiger charge is -2.06. The van der Waals surface area contributed by atoms with E-state index >= 15 is 0 Å². The highest BCUT2D eigenvalue weighted by atomic mass is 35.7. The molecule has 1 aromatic carbocycles. The molecule has 0 atom stereocenters. The van der Waals surface area contributed by atoms with Gasteiger partial charge in [0.15, 0.2) is 0 Å².